The number of pyridine rings is 1. The van der Waals surface area contributed by atoms with Crippen LogP contribution in [0.5, 0.6) is 0 Å². The summed E-state index contributed by atoms with van der Waals surface area (Å²) in [5.74, 6) is 2.54. The Kier molecular flexibility index (Phi) is 4.64. The van der Waals surface area contributed by atoms with Crippen molar-refractivity contribution >= 4 is 29.1 Å². The lowest BCUT2D eigenvalue weighted by Gasteiger charge is -2.56. The molecule has 28 heavy (non-hydrogen) atoms. The molecular weight excluding hydrogens is 391 g/mol. The maximum Gasteiger partial charge on any atom is 0.252 e. The average Bonchev–Trinajstić information content (AvgIpc) is 2.66. The topological polar surface area (TPSA) is 42.0 Å². The Labute approximate surface area is 175 Å². The van der Waals surface area contributed by atoms with E-state index in [-0.39, 0.29) is 5.91 Å². The van der Waals surface area contributed by atoms with Crippen LogP contribution in [0.3, 0.4) is 0 Å². The molecule has 3 nitrogen and oxygen atoms in total. The van der Waals surface area contributed by atoms with Crippen LogP contribution in [0.25, 0.3) is 11.1 Å². The minimum absolute atomic E-state index is 0.0948. The van der Waals surface area contributed by atoms with Crippen molar-refractivity contribution in [3.05, 3.63) is 52.3 Å². The molecule has 6 rings (SSSR count). The molecule has 1 N–H and O–H groups in total. The smallest absolute Gasteiger partial charge is 0.252 e. The first kappa shape index (κ1) is 18.4. The molecule has 2 aromatic rings. The summed E-state index contributed by atoms with van der Waals surface area (Å²) in [4.78, 5) is 17.1. The zero-order chi connectivity index (χ0) is 19.3. The van der Waals surface area contributed by atoms with E-state index in [1.807, 2.05) is 24.3 Å². The van der Waals surface area contributed by atoms with Gasteiger partial charge in [-0.25, -0.2) is 4.98 Å². The Hall–Kier alpha value is -1.58. The summed E-state index contributed by atoms with van der Waals surface area (Å²) in [5.41, 5.74) is 2.46. The zero-order valence-electron chi connectivity index (χ0n) is 15.8. The Morgan fingerprint density at radius 1 is 1.07 bits per heavy atom. The van der Waals surface area contributed by atoms with Gasteiger partial charge in [-0.15, -0.1) is 0 Å². The van der Waals surface area contributed by atoms with Crippen LogP contribution in [0.4, 0.5) is 0 Å². The Morgan fingerprint density at radius 3 is 2.39 bits per heavy atom. The van der Waals surface area contributed by atoms with Crippen molar-refractivity contribution in [2.45, 2.75) is 38.5 Å². The van der Waals surface area contributed by atoms with E-state index in [0.717, 1.165) is 35.4 Å². The number of rotatable bonds is 4. The van der Waals surface area contributed by atoms with E-state index >= 15 is 0 Å². The molecule has 1 amide bonds. The molecule has 4 saturated carbocycles. The lowest BCUT2D eigenvalue weighted by Crippen LogP contribution is -2.51. The minimum atomic E-state index is -0.0948. The Bertz CT molecular complexity index is 891. The average molecular weight is 415 g/mol. The number of carbonyl (C=O) groups is 1. The highest BCUT2D eigenvalue weighted by atomic mass is 35.5. The van der Waals surface area contributed by atoms with Gasteiger partial charge in [0.25, 0.3) is 5.91 Å². The van der Waals surface area contributed by atoms with Gasteiger partial charge in [0.1, 0.15) is 5.15 Å². The van der Waals surface area contributed by atoms with Crippen LogP contribution < -0.4 is 5.32 Å². The van der Waals surface area contributed by atoms with Crippen molar-refractivity contribution < 1.29 is 4.79 Å². The van der Waals surface area contributed by atoms with Crippen molar-refractivity contribution in [2.75, 3.05) is 6.54 Å². The summed E-state index contributed by atoms with van der Waals surface area (Å²) in [6.45, 7) is 0.767. The highest BCUT2D eigenvalue weighted by molar-refractivity contribution is 6.34. The van der Waals surface area contributed by atoms with E-state index in [4.69, 9.17) is 23.2 Å². The van der Waals surface area contributed by atoms with Crippen molar-refractivity contribution in [3.8, 4) is 11.1 Å². The lowest BCUT2D eigenvalue weighted by atomic mass is 9.49. The molecular formula is C23H24Cl2N2O. The highest BCUT2D eigenvalue weighted by Crippen LogP contribution is 2.59. The number of aromatic nitrogens is 1. The fourth-order valence-corrected chi connectivity index (χ4v) is 6.77. The number of halogens is 2. The van der Waals surface area contributed by atoms with Gasteiger partial charge >= 0.3 is 0 Å². The summed E-state index contributed by atoms with van der Waals surface area (Å²) in [6, 6.07) is 9.19. The van der Waals surface area contributed by atoms with Crippen LogP contribution in [-0.4, -0.2) is 17.4 Å². The van der Waals surface area contributed by atoms with E-state index in [9.17, 15) is 4.79 Å². The molecule has 4 aliphatic rings. The van der Waals surface area contributed by atoms with Gasteiger partial charge in [-0.05, 0) is 91.5 Å². The van der Waals surface area contributed by atoms with E-state index in [2.05, 4.69) is 10.3 Å². The quantitative estimate of drug-likeness (QED) is 0.622. The second kappa shape index (κ2) is 7.03. The number of nitrogens with zero attached hydrogens (tertiary/aromatic N) is 1. The SMILES string of the molecule is O=C(NCC12CC3CC(CC(C3)C1)C2)c1cc(-c2cccnc2Cl)ccc1Cl. The van der Waals surface area contributed by atoms with Crippen molar-refractivity contribution in [3.63, 3.8) is 0 Å². The molecule has 0 unspecified atom stereocenters. The van der Waals surface area contributed by atoms with Crippen molar-refractivity contribution in [1.82, 2.24) is 10.3 Å². The zero-order valence-corrected chi connectivity index (χ0v) is 17.3. The summed E-state index contributed by atoms with van der Waals surface area (Å²) >= 11 is 12.6. The molecule has 0 aliphatic heterocycles. The highest BCUT2D eigenvalue weighted by Gasteiger charge is 2.50. The van der Waals surface area contributed by atoms with Gasteiger partial charge in [0.15, 0.2) is 0 Å². The van der Waals surface area contributed by atoms with Crippen molar-refractivity contribution in [2.24, 2.45) is 23.2 Å². The molecule has 4 bridgehead atoms. The third-order valence-corrected chi connectivity index (χ3v) is 7.70. The first-order valence-corrected chi connectivity index (χ1v) is 11.0. The number of benzene rings is 1. The first-order valence-electron chi connectivity index (χ1n) is 10.2. The number of amides is 1. The fraction of sp³-hybridized carbons (Fsp3) is 0.478. The first-order chi connectivity index (χ1) is 13.5. The predicted octanol–water partition coefficient (Wildman–Crippen LogP) is 6.00. The van der Waals surface area contributed by atoms with E-state index in [0.29, 0.717) is 21.2 Å². The normalized spacial score (nSPS) is 30.4. The molecule has 1 aromatic heterocycles. The number of hydrogen-bond donors (Lipinski definition) is 1. The minimum Gasteiger partial charge on any atom is -0.351 e. The van der Waals surface area contributed by atoms with Gasteiger partial charge in [-0.3, -0.25) is 4.79 Å². The Balaban J connectivity index is 1.34. The maximum absolute atomic E-state index is 13.0. The van der Waals surface area contributed by atoms with Gasteiger partial charge in [0.05, 0.1) is 10.6 Å². The molecule has 4 aliphatic carbocycles. The third-order valence-electron chi connectivity index (χ3n) is 7.07. The van der Waals surface area contributed by atoms with Gasteiger partial charge in [-0.2, -0.15) is 0 Å². The standard InChI is InChI=1S/C23H24Cl2N2O/c24-20-4-3-17(18-2-1-5-26-21(18)25)9-19(20)22(28)27-13-23-10-14-6-15(11-23)8-16(7-14)12-23/h1-5,9,14-16H,6-8,10-13H2,(H,27,28). The van der Waals surface area contributed by atoms with E-state index in [1.165, 1.54) is 38.5 Å². The molecule has 0 radical (unpaired) electrons. The predicted molar refractivity (Wildman–Crippen MR) is 113 cm³/mol. The van der Waals surface area contributed by atoms with Crippen LogP contribution in [0.15, 0.2) is 36.5 Å². The second-order valence-corrected chi connectivity index (χ2v) is 9.90. The fourth-order valence-electron chi connectivity index (χ4n) is 6.34. The van der Waals surface area contributed by atoms with Gasteiger partial charge in [-0.1, -0.05) is 29.3 Å². The summed E-state index contributed by atoms with van der Waals surface area (Å²) < 4.78 is 0. The lowest BCUT2D eigenvalue weighted by molar-refractivity contribution is -0.0503. The molecule has 0 saturated heterocycles. The third kappa shape index (κ3) is 3.33. The molecule has 5 heteroatoms. The summed E-state index contributed by atoms with van der Waals surface area (Å²) in [5, 5.41) is 4.10. The van der Waals surface area contributed by atoms with Crippen LogP contribution in [0.2, 0.25) is 10.2 Å². The second-order valence-electron chi connectivity index (χ2n) is 9.14. The van der Waals surface area contributed by atoms with E-state index < -0.39 is 0 Å². The van der Waals surface area contributed by atoms with Crippen LogP contribution >= 0.6 is 23.2 Å². The monoisotopic (exact) mass is 414 g/mol. The summed E-state index contributed by atoms with van der Waals surface area (Å²) in [6.07, 6.45) is 9.71. The van der Waals surface area contributed by atoms with Crippen LogP contribution in [-0.2, 0) is 0 Å². The number of nitrogens with one attached hydrogen (secondary N) is 1. The largest absolute Gasteiger partial charge is 0.351 e. The molecule has 4 fully saturated rings. The molecule has 0 atom stereocenters. The Morgan fingerprint density at radius 2 is 1.75 bits per heavy atom. The van der Waals surface area contributed by atoms with Crippen LogP contribution in [0.1, 0.15) is 48.9 Å². The van der Waals surface area contributed by atoms with Crippen molar-refractivity contribution in [1.29, 1.82) is 0 Å². The van der Waals surface area contributed by atoms with Gasteiger partial charge in [0, 0.05) is 18.3 Å². The molecule has 1 heterocycles. The number of hydrogen-bond acceptors (Lipinski definition) is 2. The number of carbonyl (C=O) groups excluding carboxylic acids is 1. The van der Waals surface area contributed by atoms with E-state index in [1.54, 1.807) is 12.3 Å². The van der Waals surface area contributed by atoms with Gasteiger partial charge in [0.2, 0.25) is 0 Å². The molecule has 0 spiro atoms. The summed E-state index contributed by atoms with van der Waals surface area (Å²) in [7, 11) is 0. The van der Waals surface area contributed by atoms with Gasteiger partial charge < -0.3 is 5.32 Å². The molecule has 1 aromatic carbocycles. The maximum atomic E-state index is 13.0. The van der Waals surface area contributed by atoms with Crippen LogP contribution in [0, 0.1) is 23.2 Å². The molecule has 146 valence electrons.